The Morgan fingerprint density at radius 3 is 2.06 bits per heavy atom. The zero-order valence-corrected chi connectivity index (χ0v) is 12.6. The molecule has 1 rings (SSSR count). The van der Waals surface area contributed by atoms with Gasteiger partial charge in [-0.1, -0.05) is 13.8 Å². The monoisotopic (exact) mass is 241 g/mol. The summed E-state index contributed by atoms with van der Waals surface area (Å²) in [4.78, 5) is 4.93. The van der Waals surface area contributed by atoms with Gasteiger partial charge in [-0.25, -0.2) is 0 Å². The fourth-order valence-corrected chi connectivity index (χ4v) is 2.87. The molecule has 1 unspecified atom stereocenters. The van der Waals surface area contributed by atoms with Crippen LogP contribution in [0.15, 0.2) is 0 Å². The highest BCUT2D eigenvalue weighted by molar-refractivity contribution is 4.98. The molecule has 1 aliphatic rings. The van der Waals surface area contributed by atoms with E-state index in [1.54, 1.807) is 0 Å². The van der Waals surface area contributed by atoms with Crippen LogP contribution >= 0.6 is 0 Å². The van der Waals surface area contributed by atoms with Gasteiger partial charge in [0.1, 0.15) is 0 Å². The van der Waals surface area contributed by atoms with Crippen LogP contribution in [0.25, 0.3) is 0 Å². The first-order chi connectivity index (χ1) is 7.91. The van der Waals surface area contributed by atoms with Crippen molar-refractivity contribution in [3.05, 3.63) is 0 Å². The summed E-state index contributed by atoms with van der Waals surface area (Å²) < 4.78 is 0. The minimum Gasteiger partial charge on any atom is -0.315 e. The van der Waals surface area contributed by atoms with Gasteiger partial charge >= 0.3 is 0 Å². The van der Waals surface area contributed by atoms with E-state index >= 15 is 0 Å². The normalized spacial score (nSPS) is 21.0. The minimum absolute atomic E-state index is 0.448. The number of hydrogen-bond donors (Lipinski definition) is 1. The van der Waals surface area contributed by atoms with E-state index in [9.17, 15) is 0 Å². The lowest BCUT2D eigenvalue weighted by Gasteiger charge is -2.49. The topological polar surface area (TPSA) is 18.5 Å². The summed E-state index contributed by atoms with van der Waals surface area (Å²) in [6.45, 7) is 6.93. The molecule has 102 valence electrons. The van der Waals surface area contributed by atoms with Gasteiger partial charge in [0.15, 0.2) is 0 Å². The molecule has 0 aliphatic heterocycles. The molecule has 1 fully saturated rings. The van der Waals surface area contributed by atoms with E-state index in [-0.39, 0.29) is 0 Å². The second-order valence-corrected chi connectivity index (χ2v) is 6.31. The van der Waals surface area contributed by atoms with Crippen molar-refractivity contribution < 1.29 is 0 Å². The average molecular weight is 241 g/mol. The zero-order chi connectivity index (χ0) is 13.1. The Morgan fingerprint density at radius 1 is 1.18 bits per heavy atom. The molecule has 1 N–H and O–H groups in total. The van der Waals surface area contributed by atoms with Crippen LogP contribution in [0.2, 0.25) is 0 Å². The number of hydrogen-bond acceptors (Lipinski definition) is 3. The molecule has 0 aromatic heterocycles. The maximum absolute atomic E-state index is 3.43. The van der Waals surface area contributed by atoms with E-state index in [1.165, 1.54) is 25.8 Å². The molecule has 0 amide bonds. The van der Waals surface area contributed by atoms with E-state index in [1.807, 2.05) is 0 Å². The molecule has 0 aromatic rings. The molecule has 1 aliphatic carbocycles. The van der Waals surface area contributed by atoms with Crippen molar-refractivity contribution in [3.8, 4) is 0 Å². The SMILES string of the molecule is CNC(CN(C)CC1(N(C)C)CCC1)C(C)C. The van der Waals surface area contributed by atoms with Crippen LogP contribution < -0.4 is 5.32 Å². The predicted molar refractivity (Wildman–Crippen MR) is 75.5 cm³/mol. The Kier molecular flexibility index (Phi) is 5.42. The molecule has 0 heterocycles. The van der Waals surface area contributed by atoms with Crippen molar-refractivity contribution in [1.82, 2.24) is 15.1 Å². The predicted octanol–water partition coefficient (Wildman–Crippen LogP) is 1.65. The minimum atomic E-state index is 0.448. The Bertz CT molecular complexity index is 222. The largest absolute Gasteiger partial charge is 0.315 e. The van der Waals surface area contributed by atoms with Crippen molar-refractivity contribution in [2.45, 2.75) is 44.7 Å². The first kappa shape index (κ1) is 14.9. The molecule has 17 heavy (non-hydrogen) atoms. The van der Waals surface area contributed by atoms with Crippen LogP contribution in [-0.4, -0.2) is 62.7 Å². The maximum Gasteiger partial charge on any atom is 0.0330 e. The molecule has 0 aromatic carbocycles. The van der Waals surface area contributed by atoms with E-state index in [0.29, 0.717) is 17.5 Å². The standard InChI is InChI=1S/C14H31N3/c1-12(2)13(15-3)10-17(6)11-14(16(4)5)8-7-9-14/h12-13,15H,7-11H2,1-6H3. The van der Waals surface area contributed by atoms with Gasteiger partial charge in [0.2, 0.25) is 0 Å². The summed E-state index contributed by atoms with van der Waals surface area (Å²) in [5, 5.41) is 3.43. The number of likely N-dealkylation sites (N-methyl/N-ethyl adjacent to an activating group) is 3. The van der Waals surface area contributed by atoms with Crippen LogP contribution in [0, 0.1) is 5.92 Å². The van der Waals surface area contributed by atoms with Gasteiger partial charge in [-0.3, -0.25) is 0 Å². The first-order valence-corrected chi connectivity index (χ1v) is 6.94. The highest BCUT2D eigenvalue weighted by Gasteiger charge is 2.39. The fraction of sp³-hybridized carbons (Fsp3) is 1.00. The van der Waals surface area contributed by atoms with Crippen LogP contribution in [-0.2, 0) is 0 Å². The third-order valence-electron chi connectivity index (χ3n) is 4.48. The number of nitrogens with one attached hydrogen (secondary N) is 1. The average Bonchev–Trinajstić information content (AvgIpc) is 2.18. The van der Waals surface area contributed by atoms with E-state index in [0.717, 1.165) is 6.54 Å². The fourth-order valence-electron chi connectivity index (χ4n) is 2.87. The van der Waals surface area contributed by atoms with Gasteiger partial charge in [0.05, 0.1) is 0 Å². The number of nitrogens with zero attached hydrogens (tertiary/aromatic N) is 2. The molecule has 0 spiro atoms. The first-order valence-electron chi connectivity index (χ1n) is 6.94. The lowest BCUT2D eigenvalue weighted by molar-refractivity contribution is 0.0245. The summed E-state index contributed by atoms with van der Waals surface area (Å²) in [5.74, 6) is 0.694. The lowest BCUT2D eigenvalue weighted by atomic mass is 9.75. The van der Waals surface area contributed by atoms with Gasteiger partial charge < -0.3 is 15.1 Å². The summed E-state index contributed by atoms with van der Waals surface area (Å²) >= 11 is 0. The summed E-state index contributed by atoms with van der Waals surface area (Å²) in [7, 11) is 8.79. The van der Waals surface area contributed by atoms with Gasteiger partial charge in [-0.15, -0.1) is 0 Å². The Hall–Kier alpha value is -0.120. The lowest BCUT2D eigenvalue weighted by Crippen LogP contribution is -2.58. The Labute approximate surface area is 108 Å². The molecular weight excluding hydrogens is 210 g/mol. The molecule has 0 bridgehead atoms. The second-order valence-electron chi connectivity index (χ2n) is 6.31. The maximum atomic E-state index is 3.43. The summed E-state index contributed by atoms with van der Waals surface area (Å²) in [6.07, 6.45) is 4.11. The highest BCUT2D eigenvalue weighted by atomic mass is 15.2. The van der Waals surface area contributed by atoms with Crippen molar-refractivity contribution in [1.29, 1.82) is 0 Å². The van der Waals surface area contributed by atoms with Crippen molar-refractivity contribution in [3.63, 3.8) is 0 Å². The second kappa shape index (κ2) is 6.17. The third-order valence-corrected chi connectivity index (χ3v) is 4.48. The van der Waals surface area contributed by atoms with Crippen molar-refractivity contribution in [2.75, 3.05) is 41.3 Å². The van der Waals surface area contributed by atoms with Gasteiger partial charge in [-0.05, 0) is 53.4 Å². The van der Waals surface area contributed by atoms with Crippen molar-refractivity contribution in [2.24, 2.45) is 5.92 Å². The molecule has 1 saturated carbocycles. The summed E-state index contributed by atoms with van der Waals surface area (Å²) in [6, 6.07) is 0.597. The van der Waals surface area contributed by atoms with E-state index < -0.39 is 0 Å². The van der Waals surface area contributed by atoms with E-state index in [4.69, 9.17) is 0 Å². The molecule has 0 radical (unpaired) electrons. The van der Waals surface area contributed by atoms with Crippen LogP contribution in [0.1, 0.15) is 33.1 Å². The smallest absolute Gasteiger partial charge is 0.0330 e. The number of rotatable bonds is 7. The molecular formula is C14H31N3. The summed E-state index contributed by atoms with van der Waals surface area (Å²) in [5.41, 5.74) is 0.448. The van der Waals surface area contributed by atoms with Gasteiger partial charge in [-0.2, -0.15) is 0 Å². The van der Waals surface area contributed by atoms with E-state index in [2.05, 4.69) is 57.2 Å². The van der Waals surface area contributed by atoms with Crippen LogP contribution in [0.3, 0.4) is 0 Å². The Morgan fingerprint density at radius 2 is 1.76 bits per heavy atom. The molecule has 3 nitrogen and oxygen atoms in total. The molecule has 1 atom stereocenters. The quantitative estimate of drug-likeness (QED) is 0.731. The Balaban J connectivity index is 2.45. The highest BCUT2D eigenvalue weighted by Crippen LogP contribution is 2.36. The van der Waals surface area contributed by atoms with Crippen LogP contribution in [0.4, 0.5) is 0 Å². The molecule has 0 saturated heterocycles. The van der Waals surface area contributed by atoms with Gasteiger partial charge in [0.25, 0.3) is 0 Å². The zero-order valence-electron chi connectivity index (χ0n) is 12.6. The van der Waals surface area contributed by atoms with Crippen molar-refractivity contribution >= 4 is 0 Å². The van der Waals surface area contributed by atoms with Gasteiger partial charge in [0, 0.05) is 24.7 Å². The van der Waals surface area contributed by atoms with Crippen LogP contribution in [0.5, 0.6) is 0 Å². The molecule has 3 heteroatoms. The third kappa shape index (κ3) is 3.67.